The van der Waals surface area contributed by atoms with E-state index in [4.69, 9.17) is 0 Å². The lowest BCUT2D eigenvalue weighted by Gasteiger charge is -2.43. The van der Waals surface area contributed by atoms with Crippen LogP contribution in [0.5, 0.6) is 5.75 Å². The maximum Gasteiger partial charge on any atom is 0.336 e. The number of carbonyl (C=O) groups is 2. The molecule has 0 aliphatic heterocycles. The largest absolute Gasteiger partial charge is 0.508 e. The van der Waals surface area contributed by atoms with E-state index in [0.29, 0.717) is 5.56 Å². The van der Waals surface area contributed by atoms with E-state index in [0.717, 1.165) is 6.08 Å². The molecule has 130 valence electrons. The Kier molecular flexibility index (Phi) is 5.05. The Morgan fingerprint density at radius 3 is 2.21 bits per heavy atom. The molecule has 0 spiro atoms. The first kappa shape index (κ1) is 18.1. The highest BCUT2D eigenvalue weighted by molar-refractivity contribution is 6.00. The first-order valence-electron chi connectivity index (χ1n) is 7.17. The zero-order valence-electron chi connectivity index (χ0n) is 12.5. The highest BCUT2D eigenvalue weighted by Crippen LogP contribution is 2.36. The lowest BCUT2D eigenvalue weighted by Crippen LogP contribution is -2.64. The molecule has 8 heteroatoms. The second kappa shape index (κ2) is 6.70. The second-order valence-corrected chi connectivity index (χ2v) is 5.79. The number of rotatable bonds is 4. The van der Waals surface area contributed by atoms with Gasteiger partial charge in [-0.15, -0.1) is 0 Å². The molecule has 0 saturated heterocycles. The first-order valence-corrected chi connectivity index (χ1v) is 7.17. The Balaban J connectivity index is 2.29. The second-order valence-electron chi connectivity index (χ2n) is 5.79. The van der Waals surface area contributed by atoms with Crippen molar-refractivity contribution in [2.75, 3.05) is 0 Å². The molecular weight excluding hydrogens is 320 g/mol. The van der Waals surface area contributed by atoms with Crippen LogP contribution in [0, 0.1) is 5.92 Å². The van der Waals surface area contributed by atoms with Gasteiger partial charge in [-0.2, -0.15) is 0 Å². The summed E-state index contributed by atoms with van der Waals surface area (Å²) in [5.74, 6) is -4.49. The summed E-state index contributed by atoms with van der Waals surface area (Å²) in [6.45, 7) is 0. The van der Waals surface area contributed by atoms with E-state index < -0.39 is 48.0 Å². The van der Waals surface area contributed by atoms with Gasteiger partial charge in [-0.05, 0) is 23.8 Å². The minimum absolute atomic E-state index is 0.0264. The molecule has 1 aromatic rings. The summed E-state index contributed by atoms with van der Waals surface area (Å²) in [6, 6.07) is 5.76. The monoisotopic (exact) mass is 338 g/mol. The van der Waals surface area contributed by atoms with Crippen LogP contribution in [-0.4, -0.2) is 66.3 Å². The molecular formula is C16H18O8. The zero-order valence-corrected chi connectivity index (χ0v) is 12.5. The molecule has 2 rings (SSSR count). The average molecular weight is 338 g/mol. The Bertz CT molecular complexity index is 653. The van der Waals surface area contributed by atoms with Crippen LogP contribution in [0.15, 0.2) is 30.3 Å². The van der Waals surface area contributed by atoms with Crippen LogP contribution in [-0.2, 0) is 9.59 Å². The molecule has 0 aromatic heterocycles. The number of hydrogen-bond donors (Lipinski definition) is 6. The van der Waals surface area contributed by atoms with Gasteiger partial charge in [-0.25, -0.2) is 4.79 Å². The molecule has 3 unspecified atom stereocenters. The van der Waals surface area contributed by atoms with Crippen LogP contribution in [0.1, 0.15) is 12.0 Å². The van der Waals surface area contributed by atoms with Gasteiger partial charge in [0.05, 0.1) is 18.1 Å². The molecule has 8 nitrogen and oxygen atoms in total. The molecule has 1 fully saturated rings. The fourth-order valence-electron chi connectivity index (χ4n) is 2.77. The van der Waals surface area contributed by atoms with Crippen molar-refractivity contribution < 1.29 is 40.2 Å². The molecule has 5 atom stereocenters. The summed E-state index contributed by atoms with van der Waals surface area (Å²) in [5, 5.41) is 57.9. The summed E-state index contributed by atoms with van der Waals surface area (Å²) in [4.78, 5) is 23.7. The first-order chi connectivity index (χ1) is 11.2. The molecule has 0 radical (unpaired) electrons. The number of aromatic hydroxyl groups is 1. The van der Waals surface area contributed by atoms with E-state index in [1.165, 1.54) is 30.3 Å². The van der Waals surface area contributed by atoms with Gasteiger partial charge >= 0.3 is 5.97 Å². The minimum Gasteiger partial charge on any atom is -0.508 e. The fraction of sp³-hybridized carbons (Fsp3) is 0.375. The number of aliphatic carboxylic acids is 1. The topological polar surface area (TPSA) is 156 Å². The van der Waals surface area contributed by atoms with Gasteiger partial charge in [0.25, 0.3) is 0 Å². The Labute approximate surface area is 136 Å². The number of aliphatic hydroxyl groups excluding tert-OH is 3. The van der Waals surface area contributed by atoms with E-state index in [2.05, 4.69) is 0 Å². The van der Waals surface area contributed by atoms with E-state index in [9.17, 15) is 40.2 Å². The Morgan fingerprint density at radius 1 is 1.08 bits per heavy atom. The average Bonchev–Trinajstić information content (AvgIpc) is 2.52. The predicted octanol–water partition coefficient (Wildman–Crippen LogP) is -1.11. The SMILES string of the molecule is O=C(/C=C/c1ccc(O)cc1)C1[C@@H](O)C(O)[C@H](O)CC1(O)C(=O)O. The number of phenolic OH excluding ortho intramolecular Hbond substituents is 1. The minimum atomic E-state index is -2.70. The number of carboxylic acid groups (broad SMARTS) is 1. The summed E-state index contributed by atoms with van der Waals surface area (Å²) in [5.41, 5.74) is -2.18. The lowest BCUT2D eigenvalue weighted by molar-refractivity contribution is -0.207. The summed E-state index contributed by atoms with van der Waals surface area (Å²) >= 11 is 0. The third-order valence-corrected chi connectivity index (χ3v) is 4.13. The molecule has 1 aliphatic carbocycles. The molecule has 0 bridgehead atoms. The molecule has 6 N–H and O–H groups in total. The summed E-state index contributed by atoms with van der Waals surface area (Å²) in [7, 11) is 0. The molecule has 1 aromatic carbocycles. The summed E-state index contributed by atoms with van der Waals surface area (Å²) < 4.78 is 0. The molecule has 0 heterocycles. The number of carbonyl (C=O) groups excluding carboxylic acids is 1. The van der Waals surface area contributed by atoms with Gasteiger partial charge < -0.3 is 30.6 Å². The number of ketones is 1. The van der Waals surface area contributed by atoms with Gasteiger partial charge in [0.15, 0.2) is 11.4 Å². The van der Waals surface area contributed by atoms with Crippen molar-refractivity contribution in [3.63, 3.8) is 0 Å². The zero-order chi connectivity index (χ0) is 18.1. The number of carboxylic acids is 1. The number of allylic oxidation sites excluding steroid dienone is 1. The van der Waals surface area contributed by atoms with E-state index in [-0.39, 0.29) is 5.75 Å². The molecule has 0 amide bonds. The van der Waals surface area contributed by atoms with Crippen LogP contribution in [0.2, 0.25) is 0 Å². The van der Waals surface area contributed by atoms with Crippen LogP contribution in [0.25, 0.3) is 6.08 Å². The van der Waals surface area contributed by atoms with Crippen molar-refractivity contribution in [2.24, 2.45) is 5.92 Å². The maximum atomic E-state index is 12.3. The maximum absolute atomic E-state index is 12.3. The highest BCUT2D eigenvalue weighted by atomic mass is 16.4. The molecule has 1 aliphatic rings. The lowest BCUT2D eigenvalue weighted by atomic mass is 9.69. The van der Waals surface area contributed by atoms with Crippen molar-refractivity contribution in [3.05, 3.63) is 35.9 Å². The van der Waals surface area contributed by atoms with Crippen LogP contribution >= 0.6 is 0 Å². The number of aliphatic hydroxyl groups is 4. The van der Waals surface area contributed by atoms with Crippen LogP contribution < -0.4 is 0 Å². The van der Waals surface area contributed by atoms with E-state index in [1.807, 2.05) is 0 Å². The van der Waals surface area contributed by atoms with Crippen LogP contribution in [0.3, 0.4) is 0 Å². The van der Waals surface area contributed by atoms with Gasteiger partial charge in [-0.1, -0.05) is 18.2 Å². The standard InChI is InChI=1S/C16H18O8/c17-9-4-1-8(2-5-9)3-6-10(18)12-14(21)13(20)11(19)7-16(12,24)15(22)23/h1-6,11-14,17,19-21,24H,7H2,(H,22,23)/b6-3+/t11-,12?,13?,14-,16?/m1/s1. The summed E-state index contributed by atoms with van der Waals surface area (Å²) in [6.07, 6.45) is -3.87. The number of hydrogen-bond acceptors (Lipinski definition) is 7. The smallest absolute Gasteiger partial charge is 0.336 e. The van der Waals surface area contributed by atoms with Gasteiger partial charge in [0.2, 0.25) is 0 Å². The predicted molar refractivity (Wildman–Crippen MR) is 80.9 cm³/mol. The van der Waals surface area contributed by atoms with Crippen molar-refractivity contribution >= 4 is 17.8 Å². The quantitative estimate of drug-likeness (QED) is 0.378. The third kappa shape index (κ3) is 3.31. The van der Waals surface area contributed by atoms with Crippen LogP contribution in [0.4, 0.5) is 0 Å². The number of benzene rings is 1. The number of phenols is 1. The van der Waals surface area contributed by atoms with E-state index in [1.54, 1.807) is 0 Å². The molecule has 24 heavy (non-hydrogen) atoms. The van der Waals surface area contributed by atoms with Crippen molar-refractivity contribution in [1.29, 1.82) is 0 Å². The Hall–Kier alpha value is -2.26. The molecule has 1 saturated carbocycles. The highest BCUT2D eigenvalue weighted by Gasteiger charge is 2.58. The Morgan fingerprint density at radius 2 is 1.67 bits per heavy atom. The normalized spacial score (nSPS) is 33.5. The van der Waals surface area contributed by atoms with E-state index >= 15 is 0 Å². The third-order valence-electron chi connectivity index (χ3n) is 4.13. The van der Waals surface area contributed by atoms with Gasteiger partial charge in [0.1, 0.15) is 11.9 Å². The van der Waals surface area contributed by atoms with Crippen molar-refractivity contribution in [1.82, 2.24) is 0 Å². The fourth-order valence-corrected chi connectivity index (χ4v) is 2.77. The van der Waals surface area contributed by atoms with Crippen molar-refractivity contribution in [2.45, 2.75) is 30.3 Å². The van der Waals surface area contributed by atoms with Gasteiger partial charge in [0, 0.05) is 6.42 Å². The van der Waals surface area contributed by atoms with Crippen molar-refractivity contribution in [3.8, 4) is 5.75 Å². The van der Waals surface area contributed by atoms with Gasteiger partial charge in [-0.3, -0.25) is 4.79 Å².